The fourth-order valence-electron chi connectivity index (χ4n) is 0. The van der Waals surface area contributed by atoms with Gasteiger partial charge in [-0.15, -0.1) is 0 Å². The molecule has 0 aromatic heterocycles. The smallest absolute Gasteiger partial charge is 0.344 e. The molecule has 0 unspecified atom stereocenters. The Morgan fingerprint density at radius 1 is 0.400 bits per heavy atom. The summed E-state index contributed by atoms with van der Waals surface area (Å²) in [5, 5.41) is 0. The van der Waals surface area contributed by atoms with Gasteiger partial charge < -0.3 is 24.6 Å². The minimum atomic E-state index is 0. The molecule has 0 atom stereocenters. The summed E-state index contributed by atoms with van der Waals surface area (Å²) in [6.45, 7) is 0. The molecule has 5 heavy (non-hydrogen) atoms. The summed E-state index contributed by atoms with van der Waals surface area (Å²) in [6.07, 6.45) is 0. The van der Waals surface area contributed by atoms with Gasteiger partial charge in [0.25, 0.3) is 0 Å². The molecule has 4 nitrogen and oxygen atoms in total. The van der Waals surface area contributed by atoms with Crippen LogP contribution in [0.4, 0.5) is 0 Å². The Bertz CT molecular complexity index is 3.61. The van der Waals surface area contributed by atoms with E-state index >= 15 is 0 Å². The van der Waals surface area contributed by atoms with E-state index in [1.54, 1.807) is 0 Å². The summed E-state index contributed by atoms with van der Waals surface area (Å²) < 4.78 is 0. The third-order valence-corrected chi connectivity index (χ3v) is 0. The second-order valence-electron chi connectivity index (χ2n) is 0. The van der Waals surface area contributed by atoms with Gasteiger partial charge in [-0.25, -0.2) is 0 Å². The molecule has 0 rings (SSSR count). The van der Waals surface area contributed by atoms with Crippen LogP contribution < -0.4 is 24.6 Å². The molecule has 0 aromatic carbocycles. The summed E-state index contributed by atoms with van der Waals surface area (Å²) >= 11 is 0. The van der Waals surface area contributed by atoms with E-state index in [1.807, 2.05) is 0 Å². The maximum Gasteiger partial charge on any atom is 3.00 e. The van der Waals surface area contributed by atoms with E-state index in [4.69, 9.17) is 0 Å². The van der Waals surface area contributed by atoms with Crippen LogP contribution >= 0.6 is 0 Å². The van der Waals surface area contributed by atoms with Crippen LogP contribution in [0.3, 0.4) is 0 Å². The maximum absolute atomic E-state index is 0. The summed E-state index contributed by atoms with van der Waals surface area (Å²) in [6, 6.07) is 0. The van der Waals surface area contributed by atoms with Crippen LogP contribution in [0.5, 0.6) is 0 Å². The Kier molecular flexibility index (Phi) is 1430. The third-order valence-electron chi connectivity index (χ3n) is 0. The van der Waals surface area contributed by atoms with Crippen LogP contribution in [0.2, 0.25) is 0 Å². The van der Waals surface area contributed by atoms with E-state index in [0.29, 0.717) is 0 Å². The van der Waals surface area contributed by atoms with Crippen molar-refractivity contribution in [2.45, 2.75) is 0 Å². The first-order chi connectivity index (χ1) is 0. The Balaban J connectivity index is 0. The molecule has 0 heterocycles. The quantitative estimate of drug-likeness (QED) is 0.463. The first-order valence-electron chi connectivity index (χ1n) is 0. The molecule has 0 amide bonds. The summed E-state index contributed by atoms with van der Waals surface area (Å²) in [5.41, 5.74) is 0. The molecule has 0 bridgehead atoms. The van der Waals surface area contributed by atoms with Crippen molar-refractivity contribution in [1.82, 2.24) is 24.6 Å². The average molecular weight is 208 g/mol. The monoisotopic (exact) mass is 208 g/mol. The van der Waals surface area contributed by atoms with E-state index < -0.39 is 0 Å². The molecule has 0 aliphatic carbocycles. The minimum Gasteiger partial charge on any atom is -0.344 e. The van der Waals surface area contributed by atoms with E-state index in [9.17, 15) is 0 Å². The predicted octanol–water partition coefficient (Wildman–Crippen LogP) is 0.648. The van der Waals surface area contributed by atoms with Gasteiger partial charge in [0.05, 0.1) is 0 Å². The van der Waals surface area contributed by atoms with Crippen LogP contribution in [0.1, 0.15) is 0 Å². The van der Waals surface area contributed by atoms with E-state index in [0.717, 1.165) is 0 Å². The standard InChI is InChI=1S/Ce.4H3N/h;4*1H3/q+3;;;;. The van der Waals surface area contributed by atoms with Crippen molar-refractivity contribution in [1.29, 1.82) is 0 Å². The normalized spacial score (nSPS) is 0. The zero-order chi connectivity index (χ0) is 0. The van der Waals surface area contributed by atoms with Crippen molar-refractivity contribution in [2.75, 3.05) is 0 Å². The molecule has 0 spiro atoms. The van der Waals surface area contributed by atoms with Gasteiger partial charge in [0.1, 0.15) is 0 Å². The van der Waals surface area contributed by atoms with Gasteiger partial charge in [-0.3, -0.25) is 0 Å². The molecule has 33 valence electrons. The predicted molar refractivity (Wildman–Crippen MR) is 20.1 cm³/mol. The Hall–Kier alpha value is 1.22. The van der Waals surface area contributed by atoms with Gasteiger partial charge in [0.15, 0.2) is 0 Å². The Labute approximate surface area is 65.8 Å². The van der Waals surface area contributed by atoms with Gasteiger partial charge in [0.2, 0.25) is 0 Å². The van der Waals surface area contributed by atoms with Gasteiger partial charge in [-0.1, -0.05) is 0 Å². The molecular formula is H12CeN4+3. The third kappa shape index (κ3) is 36.5. The van der Waals surface area contributed by atoms with Crippen molar-refractivity contribution < 1.29 is 41.7 Å². The van der Waals surface area contributed by atoms with Crippen molar-refractivity contribution >= 4 is 0 Å². The van der Waals surface area contributed by atoms with Crippen molar-refractivity contribution in [3.05, 3.63) is 0 Å². The van der Waals surface area contributed by atoms with Crippen LogP contribution in [-0.4, -0.2) is 0 Å². The van der Waals surface area contributed by atoms with Crippen LogP contribution in [0.15, 0.2) is 0 Å². The van der Waals surface area contributed by atoms with Gasteiger partial charge in [-0.2, -0.15) is 0 Å². The van der Waals surface area contributed by atoms with Crippen LogP contribution in [0, 0.1) is 41.7 Å². The van der Waals surface area contributed by atoms with Crippen LogP contribution in [0.25, 0.3) is 0 Å². The largest absolute Gasteiger partial charge is 3.00 e. The van der Waals surface area contributed by atoms with Crippen LogP contribution in [-0.2, 0) is 0 Å². The summed E-state index contributed by atoms with van der Waals surface area (Å²) in [4.78, 5) is 0. The molecule has 0 aliphatic heterocycles. The Morgan fingerprint density at radius 3 is 0.400 bits per heavy atom. The average Bonchev–Trinajstić information content (AvgIpc) is 0. The van der Waals surface area contributed by atoms with Crippen molar-refractivity contribution in [3.8, 4) is 0 Å². The molecule has 1 radical (unpaired) electrons. The zero-order valence-electron chi connectivity index (χ0n) is 3.33. The van der Waals surface area contributed by atoms with Gasteiger partial charge in [-0.05, 0) is 0 Å². The summed E-state index contributed by atoms with van der Waals surface area (Å²) in [5.74, 6) is 0. The zero-order valence-corrected chi connectivity index (χ0v) is 6.47. The fraction of sp³-hybridized carbons (Fsp3) is 0. The first-order valence-corrected chi connectivity index (χ1v) is 0. The molecule has 12 N–H and O–H groups in total. The molecule has 5 heteroatoms. The van der Waals surface area contributed by atoms with Gasteiger partial charge >= 0.3 is 41.7 Å². The number of hydrogen-bond acceptors (Lipinski definition) is 4. The SMILES string of the molecule is N.N.N.N.[Ce+3]. The first kappa shape index (κ1) is 114. The van der Waals surface area contributed by atoms with Crippen molar-refractivity contribution in [3.63, 3.8) is 0 Å². The molecule has 0 fully saturated rings. The number of hydrogen-bond donors (Lipinski definition) is 4. The van der Waals surface area contributed by atoms with Crippen molar-refractivity contribution in [2.24, 2.45) is 0 Å². The maximum atomic E-state index is 0. The summed E-state index contributed by atoms with van der Waals surface area (Å²) in [7, 11) is 0. The minimum absolute atomic E-state index is 0. The topological polar surface area (TPSA) is 140 Å². The fourth-order valence-corrected chi connectivity index (χ4v) is 0. The number of rotatable bonds is 0. The van der Waals surface area contributed by atoms with E-state index in [1.165, 1.54) is 0 Å². The molecular weight excluding hydrogens is 196 g/mol. The Morgan fingerprint density at radius 2 is 0.400 bits per heavy atom. The molecule has 0 saturated heterocycles. The van der Waals surface area contributed by atoms with Gasteiger partial charge in [0, 0.05) is 0 Å². The second kappa shape index (κ2) is 62.7. The molecule has 0 saturated carbocycles. The second-order valence-corrected chi connectivity index (χ2v) is 0. The molecule has 0 aliphatic rings. The molecule has 0 aromatic rings. The van der Waals surface area contributed by atoms with E-state index in [2.05, 4.69) is 0 Å². The van der Waals surface area contributed by atoms with E-state index in [-0.39, 0.29) is 66.3 Å².